The van der Waals surface area contributed by atoms with Crippen molar-refractivity contribution in [2.24, 2.45) is 0 Å². The van der Waals surface area contributed by atoms with Crippen LogP contribution in [0, 0.1) is 6.92 Å². The third kappa shape index (κ3) is 5.57. The van der Waals surface area contributed by atoms with Crippen LogP contribution in [-0.2, 0) is 4.79 Å². The van der Waals surface area contributed by atoms with Crippen LogP contribution in [0.2, 0.25) is 5.02 Å². The summed E-state index contributed by atoms with van der Waals surface area (Å²) >= 11 is 6.05. The first kappa shape index (κ1) is 18.3. The van der Waals surface area contributed by atoms with Crippen LogP contribution in [0.1, 0.15) is 43.7 Å². The van der Waals surface area contributed by atoms with Gasteiger partial charge in [-0.25, -0.2) is 0 Å². The largest absolute Gasteiger partial charge is 0.494 e. The van der Waals surface area contributed by atoms with Crippen molar-refractivity contribution in [3.05, 3.63) is 58.6 Å². The summed E-state index contributed by atoms with van der Waals surface area (Å²) in [5.74, 6) is 1.32. The molecule has 0 saturated carbocycles. The second-order valence-electron chi connectivity index (χ2n) is 6.19. The number of amides is 1. The lowest BCUT2D eigenvalue weighted by molar-refractivity contribution is -0.116. The highest BCUT2D eigenvalue weighted by atomic mass is 35.5. The van der Waals surface area contributed by atoms with Crippen molar-refractivity contribution in [3.8, 4) is 5.75 Å². The molecule has 0 unspecified atom stereocenters. The second kappa shape index (κ2) is 8.74. The molecule has 0 aliphatic carbocycles. The summed E-state index contributed by atoms with van der Waals surface area (Å²) in [5.41, 5.74) is 3.01. The van der Waals surface area contributed by atoms with Gasteiger partial charge in [-0.2, -0.15) is 0 Å². The van der Waals surface area contributed by atoms with E-state index in [1.54, 1.807) is 6.07 Å². The number of aryl methyl sites for hydroxylation is 1. The number of carbonyl (C=O) groups is 1. The zero-order chi connectivity index (χ0) is 17.5. The highest BCUT2D eigenvalue weighted by Crippen LogP contribution is 2.20. The van der Waals surface area contributed by atoms with Gasteiger partial charge in [0.15, 0.2) is 0 Å². The van der Waals surface area contributed by atoms with E-state index in [1.807, 2.05) is 31.2 Å². The molecule has 2 aromatic carbocycles. The minimum Gasteiger partial charge on any atom is -0.494 e. The summed E-state index contributed by atoms with van der Waals surface area (Å²) < 4.78 is 5.68. The van der Waals surface area contributed by atoms with Crippen LogP contribution in [0.25, 0.3) is 0 Å². The van der Waals surface area contributed by atoms with Crippen LogP contribution >= 0.6 is 11.6 Å². The lowest BCUT2D eigenvalue weighted by Gasteiger charge is -2.09. The molecular weight excluding hydrogens is 322 g/mol. The molecule has 0 bridgehead atoms. The Bertz CT molecular complexity index is 681. The van der Waals surface area contributed by atoms with E-state index in [9.17, 15) is 4.79 Å². The van der Waals surface area contributed by atoms with Crippen molar-refractivity contribution in [2.75, 3.05) is 11.9 Å². The summed E-state index contributed by atoms with van der Waals surface area (Å²) in [6.07, 6.45) is 1.08. The molecule has 0 atom stereocenters. The third-order valence-corrected chi connectivity index (χ3v) is 4.23. The third-order valence-electron chi connectivity index (χ3n) is 3.82. The van der Waals surface area contributed by atoms with Crippen LogP contribution < -0.4 is 10.1 Å². The Morgan fingerprint density at radius 1 is 1.17 bits per heavy atom. The zero-order valence-corrected chi connectivity index (χ0v) is 15.2. The molecule has 0 radical (unpaired) electrons. The van der Waals surface area contributed by atoms with Gasteiger partial charge in [0, 0.05) is 17.1 Å². The maximum atomic E-state index is 11.9. The Kier molecular flexibility index (Phi) is 6.68. The van der Waals surface area contributed by atoms with Crippen LogP contribution in [0.5, 0.6) is 5.75 Å². The number of ether oxygens (including phenoxy) is 1. The molecule has 0 saturated heterocycles. The lowest BCUT2D eigenvalue weighted by Crippen LogP contribution is -2.12. The fourth-order valence-corrected chi connectivity index (χ4v) is 2.45. The van der Waals surface area contributed by atoms with E-state index in [0.717, 1.165) is 17.0 Å². The molecule has 0 spiro atoms. The molecule has 2 aromatic rings. The smallest absolute Gasteiger partial charge is 0.224 e. The predicted molar refractivity (Wildman–Crippen MR) is 100 cm³/mol. The summed E-state index contributed by atoms with van der Waals surface area (Å²) in [4.78, 5) is 11.9. The minimum absolute atomic E-state index is 0.0336. The normalized spacial score (nSPS) is 10.7. The van der Waals surface area contributed by atoms with E-state index in [2.05, 4.69) is 31.3 Å². The molecule has 128 valence electrons. The molecule has 1 N–H and O–H groups in total. The molecule has 0 aliphatic heterocycles. The molecular formula is C20H24ClNO2. The van der Waals surface area contributed by atoms with Gasteiger partial charge in [0.05, 0.1) is 6.61 Å². The molecule has 3 nitrogen and oxygen atoms in total. The van der Waals surface area contributed by atoms with E-state index < -0.39 is 0 Å². The van der Waals surface area contributed by atoms with Gasteiger partial charge in [0.25, 0.3) is 0 Å². The van der Waals surface area contributed by atoms with E-state index in [4.69, 9.17) is 16.3 Å². The summed E-state index contributed by atoms with van der Waals surface area (Å²) in [6.45, 7) is 6.77. The van der Waals surface area contributed by atoms with Gasteiger partial charge in [-0.3, -0.25) is 4.79 Å². The number of nitrogens with one attached hydrogen (secondary N) is 1. The first-order valence-electron chi connectivity index (χ1n) is 8.24. The zero-order valence-electron chi connectivity index (χ0n) is 14.4. The Labute approximate surface area is 149 Å². The lowest BCUT2D eigenvalue weighted by atomic mass is 10.0. The van der Waals surface area contributed by atoms with Crippen LogP contribution in [0.4, 0.5) is 5.69 Å². The number of halogens is 1. The predicted octanol–water partition coefficient (Wildman–Crippen LogP) is 5.57. The van der Waals surface area contributed by atoms with Gasteiger partial charge in [-0.15, -0.1) is 0 Å². The average molecular weight is 346 g/mol. The molecule has 4 heteroatoms. The Morgan fingerprint density at radius 2 is 1.88 bits per heavy atom. The SMILES string of the molecule is Cc1ccc(NC(=O)CCCOc2ccc(C(C)C)cc2)cc1Cl. The number of hydrogen-bond acceptors (Lipinski definition) is 2. The van der Waals surface area contributed by atoms with Crippen LogP contribution in [0.15, 0.2) is 42.5 Å². The molecule has 0 aliphatic rings. The molecule has 2 rings (SSSR count). The molecule has 0 heterocycles. The first-order chi connectivity index (χ1) is 11.5. The maximum absolute atomic E-state index is 11.9. The van der Waals surface area contributed by atoms with E-state index in [-0.39, 0.29) is 5.91 Å². The molecule has 0 aromatic heterocycles. The van der Waals surface area contributed by atoms with Crippen molar-refractivity contribution in [1.82, 2.24) is 0 Å². The van der Waals surface area contributed by atoms with E-state index in [0.29, 0.717) is 30.4 Å². The fourth-order valence-electron chi connectivity index (χ4n) is 2.27. The van der Waals surface area contributed by atoms with Gasteiger partial charge < -0.3 is 10.1 Å². The standard InChI is InChI=1S/C20H24ClNO2/c1-14(2)16-7-10-18(11-8-16)24-12-4-5-20(23)22-17-9-6-15(3)19(21)13-17/h6-11,13-14H,4-5,12H2,1-3H3,(H,22,23). The first-order valence-corrected chi connectivity index (χ1v) is 8.62. The maximum Gasteiger partial charge on any atom is 0.224 e. The highest BCUT2D eigenvalue weighted by molar-refractivity contribution is 6.31. The molecule has 1 amide bonds. The minimum atomic E-state index is -0.0336. The van der Waals surface area contributed by atoms with Gasteiger partial charge in [0.2, 0.25) is 5.91 Å². The summed E-state index contributed by atoms with van der Waals surface area (Å²) in [5, 5.41) is 3.50. The topological polar surface area (TPSA) is 38.3 Å². The van der Waals surface area contributed by atoms with Gasteiger partial charge >= 0.3 is 0 Å². The Morgan fingerprint density at radius 3 is 2.50 bits per heavy atom. The quantitative estimate of drug-likeness (QED) is 0.666. The molecule has 0 fully saturated rings. The number of hydrogen-bond donors (Lipinski definition) is 1. The number of rotatable bonds is 7. The van der Waals surface area contributed by atoms with Crippen molar-refractivity contribution in [1.29, 1.82) is 0 Å². The second-order valence-corrected chi connectivity index (χ2v) is 6.60. The Balaban J connectivity index is 1.71. The van der Waals surface area contributed by atoms with Gasteiger partial charge in [0.1, 0.15) is 5.75 Å². The molecule has 24 heavy (non-hydrogen) atoms. The van der Waals surface area contributed by atoms with E-state index >= 15 is 0 Å². The fraction of sp³-hybridized carbons (Fsp3) is 0.350. The highest BCUT2D eigenvalue weighted by Gasteiger charge is 2.05. The monoisotopic (exact) mass is 345 g/mol. The van der Waals surface area contributed by atoms with Crippen LogP contribution in [-0.4, -0.2) is 12.5 Å². The van der Waals surface area contributed by atoms with Gasteiger partial charge in [-0.1, -0.05) is 43.6 Å². The summed E-state index contributed by atoms with van der Waals surface area (Å²) in [6, 6.07) is 13.6. The average Bonchev–Trinajstić information content (AvgIpc) is 2.55. The van der Waals surface area contributed by atoms with Crippen LogP contribution in [0.3, 0.4) is 0 Å². The summed E-state index contributed by atoms with van der Waals surface area (Å²) in [7, 11) is 0. The number of benzene rings is 2. The number of carbonyl (C=O) groups excluding carboxylic acids is 1. The van der Waals surface area contributed by atoms with Crippen molar-refractivity contribution in [3.63, 3.8) is 0 Å². The Hall–Kier alpha value is -2.00. The van der Waals surface area contributed by atoms with Gasteiger partial charge in [-0.05, 0) is 54.7 Å². The van der Waals surface area contributed by atoms with Crippen molar-refractivity contribution >= 4 is 23.2 Å². The van der Waals surface area contributed by atoms with Crippen molar-refractivity contribution < 1.29 is 9.53 Å². The number of anilines is 1. The van der Waals surface area contributed by atoms with Crippen molar-refractivity contribution in [2.45, 2.75) is 39.5 Å². The van der Waals surface area contributed by atoms with E-state index in [1.165, 1.54) is 5.56 Å².